The first-order valence-electron chi connectivity index (χ1n) is 4.40. The van der Waals surface area contributed by atoms with E-state index in [1.54, 1.807) is 0 Å². The van der Waals surface area contributed by atoms with Crippen LogP contribution in [-0.2, 0) is 9.53 Å². The smallest absolute Gasteiger partial charge is 0.410 e. The molecule has 0 radical (unpaired) electrons. The minimum atomic E-state index is -0.935. The first-order chi connectivity index (χ1) is 6.99. The van der Waals surface area contributed by atoms with Crippen molar-refractivity contribution in [3.63, 3.8) is 0 Å². The van der Waals surface area contributed by atoms with Gasteiger partial charge in [0.2, 0.25) is 0 Å². The Labute approximate surface area is 87.8 Å². The number of hydrogen-bond acceptors (Lipinski definition) is 4. The summed E-state index contributed by atoms with van der Waals surface area (Å²) in [5, 5.41) is 16.3. The Balaban J connectivity index is 0.000000288. The van der Waals surface area contributed by atoms with Crippen LogP contribution in [0.15, 0.2) is 12.2 Å². The fourth-order valence-corrected chi connectivity index (χ4v) is 0.750. The number of amides is 1. The molecule has 0 spiro atoms. The summed E-state index contributed by atoms with van der Waals surface area (Å²) in [7, 11) is 0. The van der Waals surface area contributed by atoms with Crippen molar-refractivity contribution in [2.45, 2.75) is 6.92 Å². The number of carboxylic acids is 1. The highest BCUT2D eigenvalue weighted by atomic mass is 16.6. The summed E-state index contributed by atoms with van der Waals surface area (Å²) in [6.45, 7) is 6.07. The number of carbonyl (C=O) groups is 2. The zero-order chi connectivity index (χ0) is 11.8. The molecular formula is C9H15NO5. The van der Waals surface area contributed by atoms with Crippen LogP contribution in [0.3, 0.4) is 0 Å². The van der Waals surface area contributed by atoms with Gasteiger partial charge in [-0.1, -0.05) is 6.58 Å². The van der Waals surface area contributed by atoms with Crippen LogP contribution in [0.4, 0.5) is 4.79 Å². The predicted molar refractivity (Wildman–Crippen MR) is 52.5 cm³/mol. The van der Waals surface area contributed by atoms with Gasteiger partial charge in [0.1, 0.15) is 6.61 Å². The van der Waals surface area contributed by atoms with Crippen molar-refractivity contribution < 1.29 is 24.5 Å². The summed E-state index contributed by atoms with van der Waals surface area (Å²) in [5.74, 6) is -0.935. The largest absolute Gasteiger partial charge is 0.478 e. The number of aliphatic carboxylic acids is 1. The third-order valence-corrected chi connectivity index (χ3v) is 1.58. The van der Waals surface area contributed by atoms with Crippen LogP contribution in [0.25, 0.3) is 0 Å². The first-order valence-corrected chi connectivity index (χ1v) is 4.40. The third kappa shape index (κ3) is 5.69. The molecule has 0 bridgehead atoms. The van der Waals surface area contributed by atoms with Gasteiger partial charge in [-0.3, -0.25) is 0 Å². The van der Waals surface area contributed by atoms with Gasteiger partial charge in [0.25, 0.3) is 0 Å². The lowest BCUT2D eigenvalue weighted by Crippen LogP contribution is -2.27. The molecular weight excluding hydrogens is 202 g/mol. The Morgan fingerprint density at radius 3 is 2.47 bits per heavy atom. The Morgan fingerprint density at radius 1 is 1.67 bits per heavy atom. The molecule has 6 heteroatoms. The van der Waals surface area contributed by atoms with E-state index in [0.717, 1.165) is 0 Å². The van der Waals surface area contributed by atoms with Crippen LogP contribution in [0.2, 0.25) is 0 Å². The summed E-state index contributed by atoms with van der Waals surface area (Å²) >= 11 is 0. The van der Waals surface area contributed by atoms with Gasteiger partial charge < -0.3 is 19.8 Å². The molecule has 0 aliphatic carbocycles. The van der Waals surface area contributed by atoms with E-state index < -0.39 is 5.97 Å². The number of cyclic esters (lactones) is 1. The number of ether oxygens (including phenoxy) is 1. The number of β-amino-alcohol motifs (C(OH)–C–C–N with tert-alkyl or cyclic N) is 1. The summed E-state index contributed by atoms with van der Waals surface area (Å²) in [6.07, 6.45) is -0.316. The maximum atomic E-state index is 10.6. The molecule has 0 aromatic carbocycles. The third-order valence-electron chi connectivity index (χ3n) is 1.58. The van der Waals surface area contributed by atoms with Gasteiger partial charge in [0.15, 0.2) is 0 Å². The SMILES string of the molecule is C=C(C)C(=O)O.O=C1OCCN1CCO. The Hall–Kier alpha value is -1.56. The second-order valence-corrected chi connectivity index (χ2v) is 2.91. The number of carbonyl (C=O) groups excluding carboxylic acids is 1. The summed E-state index contributed by atoms with van der Waals surface area (Å²) < 4.78 is 4.59. The topological polar surface area (TPSA) is 87.1 Å². The predicted octanol–water partition coefficient (Wildman–Crippen LogP) is 0.0780. The fraction of sp³-hybridized carbons (Fsp3) is 0.556. The zero-order valence-corrected chi connectivity index (χ0v) is 8.60. The van der Waals surface area contributed by atoms with E-state index in [0.29, 0.717) is 19.7 Å². The van der Waals surface area contributed by atoms with Crippen molar-refractivity contribution in [2.24, 2.45) is 0 Å². The monoisotopic (exact) mass is 217 g/mol. The normalized spacial score (nSPS) is 14.0. The maximum Gasteiger partial charge on any atom is 0.410 e. The highest BCUT2D eigenvalue weighted by Gasteiger charge is 2.20. The molecule has 1 saturated heterocycles. The minimum Gasteiger partial charge on any atom is -0.478 e. The van der Waals surface area contributed by atoms with E-state index in [4.69, 9.17) is 10.2 Å². The zero-order valence-electron chi connectivity index (χ0n) is 8.60. The van der Waals surface area contributed by atoms with Crippen molar-refractivity contribution in [3.05, 3.63) is 12.2 Å². The number of aliphatic hydroxyl groups excluding tert-OH is 1. The van der Waals surface area contributed by atoms with Gasteiger partial charge >= 0.3 is 12.1 Å². The van der Waals surface area contributed by atoms with E-state index >= 15 is 0 Å². The summed E-state index contributed by atoms with van der Waals surface area (Å²) in [6, 6.07) is 0. The molecule has 0 aromatic heterocycles. The van der Waals surface area contributed by atoms with Crippen LogP contribution in [0, 0.1) is 0 Å². The Morgan fingerprint density at radius 2 is 2.20 bits per heavy atom. The summed E-state index contributed by atoms with van der Waals surface area (Å²) in [4.78, 5) is 21.6. The molecule has 1 amide bonds. The molecule has 6 nitrogen and oxygen atoms in total. The Bertz CT molecular complexity index is 239. The van der Waals surface area contributed by atoms with Crippen molar-refractivity contribution in [1.29, 1.82) is 0 Å². The standard InChI is InChI=1S/C5H9NO3.C4H6O2/c7-3-1-6-2-4-9-5(6)8;1-3(2)4(5)6/h7H,1-4H2;1H2,2H3,(H,5,6). The lowest BCUT2D eigenvalue weighted by molar-refractivity contribution is -0.132. The number of hydrogen-bond donors (Lipinski definition) is 2. The minimum absolute atomic E-state index is 0.00903. The van der Waals surface area contributed by atoms with Crippen LogP contribution < -0.4 is 0 Å². The molecule has 15 heavy (non-hydrogen) atoms. The van der Waals surface area contributed by atoms with Gasteiger partial charge in [-0.15, -0.1) is 0 Å². The lowest BCUT2D eigenvalue weighted by Gasteiger charge is -2.08. The molecule has 1 aliphatic rings. The molecule has 1 fully saturated rings. The highest BCUT2D eigenvalue weighted by molar-refractivity contribution is 5.84. The second kappa shape index (κ2) is 6.83. The van der Waals surface area contributed by atoms with Gasteiger partial charge in [0, 0.05) is 12.1 Å². The summed E-state index contributed by atoms with van der Waals surface area (Å²) in [5.41, 5.74) is 0.176. The molecule has 1 heterocycles. The highest BCUT2D eigenvalue weighted by Crippen LogP contribution is 2.00. The van der Waals surface area contributed by atoms with Crippen molar-refractivity contribution >= 4 is 12.1 Å². The van der Waals surface area contributed by atoms with E-state index in [1.165, 1.54) is 11.8 Å². The van der Waals surface area contributed by atoms with Crippen molar-refractivity contribution in [3.8, 4) is 0 Å². The maximum absolute atomic E-state index is 10.6. The van der Waals surface area contributed by atoms with Gasteiger partial charge in [-0.05, 0) is 6.92 Å². The van der Waals surface area contributed by atoms with Gasteiger partial charge in [-0.25, -0.2) is 9.59 Å². The lowest BCUT2D eigenvalue weighted by atomic mass is 10.4. The first kappa shape index (κ1) is 13.4. The van der Waals surface area contributed by atoms with E-state index in [-0.39, 0.29) is 18.3 Å². The number of rotatable bonds is 3. The van der Waals surface area contributed by atoms with Crippen LogP contribution in [0.1, 0.15) is 6.92 Å². The average Bonchev–Trinajstić information content (AvgIpc) is 2.53. The van der Waals surface area contributed by atoms with Crippen molar-refractivity contribution in [1.82, 2.24) is 4.90 Å². The van der Waals surface area contributed by atoms with Crippen LogP contribution in [-0.4, -0.2) is 53.5 Å². The number of nitrogens with zero attached hydrogens (tertiary/aromatic N) is 1. The van der Waals surface area contributed by atoms with Gasteiger partial charge in [0.05, 0.1) is 13.2 Å². The number of aliphatic hydroxyl groups is 1. The fourth-order valence-electron chi connectivity index (χ4n) is 0.750. The molecule has 0 atom stereocenters. The molecule has 0 aromatic rings. The van der Waals surface area contributed by atoms with Gasteiger partial charge in [-0.2, -0.15) is 0 Å². The molecule has 0 unspecified atom stereocenters. The van der Waals surface area contributed by atoms with Crippen LogP contribution in [0.5, 0.6) is 0 Å². The molecule has 1 rings (SSSR count). The molecule has 2 N–H and O–H groups in total. The van der Waals surface area contributed by atoms with E-state index in [2.05, 4.69) is 11.3 Å². The van der Waals surface area contributed by atoms with Crippen LogP contribution >= 0.6 is 0 Å². The molecule has 86 valence electrons. The molecule has 1 aliphatic heterocycles. The quantitative estimate of drug-likeness (QED) is 0.653. The average molecular weight is 217 g/mol. The molecule has 0 saturated carbocycles. The number of carboxylic acid groups (broad SMARTS) is 1. The second-order valence-electron chi connectivity index (χ2n) is 2.91. The Kier molecular flexibility index (Phi) is 6.12. The van der Waals surface area contributed by atoms with E-state index in [9.17, 15) is 9.59 Å². The van der Waals surface area contributed by atoms with Crippen molar-refractivity contribution in [2.75, 3.05) is 26.3 Å². The van der Waals surface area contributed by atoms with E-state index in [1.807, 2.05) is 0 Å².